The van der Waals surface area contributed by atoms with Crippen molar-refractivity contribution in [2.75, 3.05) is 31.2 Å². The van der Waals surface area contributed by atoms with Crippen molar-refractivity contribution >= 4 is 52.5 Å². The van der Waals surface area contributed by atoms with Gasteiger partial charge in [0.25, 0.3) is 5.91 Å². The zero-order chi connectivity index (χ0) is 37.0. The highest BCUT2D eigenvalue weighted by molar-refractivity contribution is 6.31. The molecule has 2 atom stereocenters. The number of piperidine rings is 1. The number of rotatable bonds is 10. The third kappa shape index (κ3) is 8.20. The molecule has 2 fully saturated rings. The highest BCUT2D eigenvalue weighted by atomic mass is 35.5. The average Bonchev–Trinajstić information content (AvgIpc) is 3.44. The molecule has 4 amide bonds. The molecule has 10 nitrogen and oxygen atoms in total. The lowest BCUT2D eigenvalue weighted by molar-refractivity contribution is -0.141. The van der Waals surface area contributed by atoms with Crippen LogP contribution >= 0.6 is 23.2 Å². The summed E-state index contributed by atoms with van der Waals surface area (Å²) in [7, 11) is 0. The molecule has 2 saturated heterocycles. The monoisotopic (exact) mass is 752 g/mol. The van der Waals surface area contributed by atoms with Gasteiger partial charge in [-0.25, -0.2) is 0 Å². The first-order valence-corrected chi connectivity index (χ1v) is 18.7. The maximum absolute atomic E-state index is 14.4. The van der Waals surface area contributed by atoms with E-state index in [0.717, 1.165) is 27.9 Å². The summed E-state index contributed by atoms with van der Waals surface area (Å²) >= 11 is 12.6. The molecular formula is C41H42Cl2N6O4. The molecule has 2 unspecified atom stereocenters. The second-order valence-electron chi connectivity index (χ2n) is 14.0. The lowest BCUT2D eigenvalue weighted by Crippen LogP contribution is -2.60. The SMILES string of the molecule is O=C(CN1CN(c2cccc(Cl)c2)C2(CCN(C(=O)C(Cc3ccc(Cl)cc3)NC(=O)C3Cc4ccccc4CN3)CC2)C1=O)NCc1ccccc1. The van der Waals surface area contributed by atoms with Crippen LogP contribution in [0.2, 0.25) is 10.0 Å². The Kier molecular flexibility index (Phi) is 11.0. The van der Waals surface area contributed by atoms with Gasteiger partial charge in [0, 0.05) is 48.3 Å². The summed E-state index contributed by atoms with van der Waals surface area (Å²) in [6, 6.07) is 31.0. The summed E-state index contributed by atoms with van der Waals surface area (Å²) in [5.74, 6) is -0.861. The number of nitrogens with zero attached hydrogens (tertiary/aromatic N) is 3. The van der Waals surface area contributed by atoms with E-state index in [9.17, 15) is 19.2 Å². The van der Waals surface area contributed by atoms with Crippen molar-refractivity contribution in [2.45, 2.75) is 56.4 Å². The Morgan fingerprint density at radius 1 is 0.830 bits per heavy atom. The summed E-state index contributed by atoms with van der Waals surface area (Å²) in [5, 5.41) is 10.4. The standard InChI is InChI=1S/C41H42Cl2N6O4/c42-32-15-13-28(14-16-32)21-36(46-38(51)35-22-30-9-4-5-10-31(30)25-44-35)39(52)47-19-17-41(18-20-47)40(53)48(27-49(41)34-12-6-11-33(43)23-34)26-37(50)45-24-29-7-2-1-3-8-29/h1-16,23,35-36,44H,17-22,24-27H2,(H,45,50)(H,46,51). The Hall–Kier alpha value is -4.90. The van der Waals surface area contributed by atoms with Crippen molar-refractivity contribution in [2.24, 2.45) is 0 Å². The molecule has 0 saturated carbocycles. The van der Waals surface area contributed by atoms with Crippen LogP contribution in [0.3, 0.4) is 0 Å². The molecule has 0 aromatic heterocycles. The van der Waals surface area contributed by atoms with E-state index in [2.05, 4.69) is 22.0 Å². The first-order valence-electron chi connectivity index (χ1n) is 18.0. The van der Waals surface area contributed by atoms with Crippen LogP contribution in [-0.4, -0.2) is 77.4 Å². The van der Waals surface area contributed by atoms with Crippen LogP contribution < -0.4 is 20.9 Å². The zero-order valence-electron chi connectivity index (χ0n) is 29.3. The first kappa shape index (κ1) is 36.5. The maximum atomic E-state index is 14.4. The number of amides is 4. The zero-order valence-corrected chi connectivity index (χ0v) is 30.8. The number of carbonyl (C=O) groups is 4. The predicted molar refractivity (Wildman–Crippen MR) is 205 cm³/mol. The van der Waals surface area contributed by atoms with Gasteiger partial charge >= 0.3 is 0 Å². The van der Waals surface area contributed by atoms with Crippen molar-refractivity contribution in [1.29, 1.82) is 0 Å². The molecule has 0 aliphatic carbocycles. The molecule has 53 heavy (non-hydrogen) atoms. The number of fused-ring (bicyclic) bond motifs is 1. The van der Waals surface area contributed by atoms with Crippen LogP contribution in [0.5, 0.6) is 0 Å². The van der Waals surface area contributed by atoms with Crippen molar-refractivity contribution < 1.29 is 19.2 Å². The first-order chi connectivity index (χ1) is 25.7. The molecule has 4 aromatic rings. The number of hydrogen-bond donors (Lipinski definition) is 3. The van der Waals surface area contributed by atoms with Gasteiger partial charge in [0.05, 0.1) is 12.7 Å². The topological polar surface area (TPSA) is 114 Å². The lowest BCUT2D eigenvalue weighted by Gasteiger charge is -2.44. The van der Waals surface area contributed by atoms with E-state index < -0.39 is 17.6 Å². The molecule has 1 spiro atoms. The molecule has 3 heterocycles. The Morgan fingerprint density at radius 3 is 2.28 bits per heavy atom. The number of hydrogen-bond acceptors (Lipinski definition) is 6. The molecule has 3 aliphatic rings. The summed E-state index contributed by atoms with van der Waals surface area (Å²) in [5.41, 5.74) is 3.90. The molecule has 0 radical (unpaired) electrons. The number of halogens is 2. The molecule has 0 bridgehead atoms. The maximum Gasteiger partial charge on any atom is 0.250 e. The highest BCUT2D eigenvalue weighted by Gasteiger charge is 2.54. The number of benzene rings is 4. The van der Waals surface area contributed by atoms with Gasteiger partial charge < -0.3 is 30.7 Å². The third-order valence-corrected chi connectivity index (χ3v) is 11.1. The minimum absolute atomic E-state index is 0.0952. The van der Waals surface area contributed by atoms with Gasteiger partial charge in [-0.15, -0.1) is 0 Å². The fourth-order valence-corrected chi connectivity index (χ4v) is 7.98. The lowest BCUT2D eigenvalue weighted by atomic mass is 9.85. The Labute approximate surface area is 319 Å². The summed E-state index contributed by atoms with van der Waals surface area (Å²) in [6.45, 7) is 1.62. The van der Waals surface area contributed by atoms with E-state index >= 15 is 0 Å². The second kappa shape index (κ2) is 16.0. The fourth-order valence-electron chi connectivity index (χ4n) is 7.67. The second-order valence-corrected chi connectivity index (χ2v) is 14.8. The Bertz CT molecular complexity index is 1970. The van der Waals surface area contributed by atoms with E-state index in [1.165, 1.54) is 0 Å². The van der Waals surface area contributed by atoms with Crippen molar-refractivity contribution in [3.8, 4) is 0 Å². The smallest absolute Gasteiger partial charge is 0.250 e. The van der Waals surface area contributed by atoms with E-state index in [0.29, 0.717) is 42.4 Å². The van der Waals surface area contributed by atoms with Gasteiger partial charge in [0.1, 0.15) is 18.1 Å². The molecule has 274 valence electrons. The van der Waals surface area contributed by atoms with Crippen LogP contribution in [0.15, 0.2) is 103 Å². The molecule has 7 rings (SSSR count). The molecular weight excluding hydrogens is 711 g/mol. The third-order valence-electron chi connectivity index (χ3n) is 10.6. The Morgan fingerprint density at radius 2 is 1.55 bits per heavy atom. The van der Waals surface area contributed by atoms with Gasteiger partial charge in [-0.3, -0.25) is 19.2 Å². The number of carbonyl (C=O) groups excluding carboxylic acids is 4. The van der Waals surface area contributed by atoms with Crippen molar-refractivity contribution in [3.63, 3.8) is 0 Å². The quantitative estimate of drug-likeness (QED) is 0.216. The van der Waals surface area contributed by atoms with E-state index in [4.69, 9.17) is 23.2 Å². The highest BCUT2D eigenvalue weighted by Crippen LogP contribution is 2.40. The normalized spacial score (nSPS) is 18.4. The molecule has 3 aliphatic heterocycles. The predicted octanol–water partition coefficient (Wildman–Crippen LogP) is 4.72. The number of likely N-dealkylation sites (tertiary alicyclic amines) is 1. The van der Waals surface area contributed by atoms with Crippen LogP contribution in [0.4, 0.5) is 5.69 Å². The van der Waals surface area contributed by atoms with Crippen LogP contribution in [0.25, 0.3) is 0 Å². The van der Waals surface area contributed by atoms with E-state index in [-0.39, 0.29) is 56.4 Å². The number of nitrogens with one attached hydrogen (secondary N) is 3. The van der Waals surface area contributed by atoms with Gasteiger partial charge in [0.15, 0.2) is 0 Å². The average molecular weight is 754 g/mol. The van der Waals surface area contributed by atoms with Gasteiger partial charge in [-0.2, -0.15) is 0 Å². The molecule has 3 N–H and O–H groups in total. The van der Waals surface area contributed by atoms with Gasteiger partial charge in [-0.1, -0.05) is 96.0 Å². The largest absolute Gasteiger partial charge is 0.350 e. The minimum atomic E-state index is -0.977. The van der Waals surface area contributed by atoms with Crippen LogP contribution in [-0.2, 0) is 45.1 Å². The van der Waals surface area contributed by atoms with Crippen molar-refractivity contribution in [1.82, 2.24) is 25.8 Å². The van der Waals surface area contributed by atoms with Gasteiger partial charge in [0.2, 0.25) is 17.7 Å². The van der Waals surface area contributed by atoms with Crippen LogP contribution in [0.1, 0.15) is 35.1 Å². The fraction of sp³-hybridized carbons (Fsp3) is 0.317. The number of anilines is 1. The summed E-state index contributed by atoms with van der Waals surface area (Å²) in [4.78, 5) is 60.8. The van der Waals surface area contributed by atoms with Crippen LogP contribution in [0, 0.1) is 0 Å². The summed E-state index contributed by atoms with van der Waals surface area (Å²) < 4.78 is 0. The minimum Gasteiger partial charge on any atom is -0.350 e. The van der Waals surface area contributed by atoms with Crippen molar-refractivity contribution in [3.05, 3.63) is 135 Å². The van der Waals surface area contributed by atoms with E-state index in [1.54, 1.807) is 28.0 Å². The molecule has 12 heteroatoms. The Balaban J connectivity index is 1.07. The summed E-state index contributed by atoms with van der Waals surface area (Å²) in [6.07, 6.45) is 1.49. The van der Waals surface area contributed by atoms with Gasteiger partial charge in [-0.05, 0) is 71.8 Å². The molecule has 4 aromatic carbocycles. The van der Waals surface area contributed by atoms with E-state index in [1.807, 2.05) is 83.8 Å².